The summed E-state index contributed by atoms with van der Waals surface area (Å²) >= 11 is 0. The smallest absolute Gasteiger partial charge is 0.326 e. The summed E-state index contributed by atoms with van der Waals surface area (Å²) in [6.45, 7) is 11.7. The predicted octanol–water partition coefficient (Wildman–Crippen LogP) is 2.96. The van der Waals surface area contributed by atoms with E-state index in [1.54, 1.807) is 0 Å². The first kappa shape index (κ1) is 18.4. The molecule has 0 radical (unpaired) electrons. The van der Waals surface area contributed by atoms with Crippen molar-refractivity contribution in [1.29, 1.82) is 0 Å². The van der Waals surface area contributed by atoms with E-state index in [0.29, 0.717) is 6.61 Å². The van der Waals surface area contributed by atoms with Crippen LogP contribution < -0.4 is 5.32 Å². The second-order valence-corrected chi connectivity index (χ2v) is 6.71. The normalized spacial score (nSPS) is 20.6. The number of likely N-dealkylation sites (tertiary alicyclic amines) is 1. The Morgan fingerprint density at radius 1 is 1.19 bits per heavy atom. The number of carbonyl (C=O) groups is 1. The van der Waals surface area contributed by atoms with Gasteiger partial charge in [0.1, 0.15) is 5.54 Å². The van der Waals surface area contributed by atoms with Crippen LogP contribution in [0.4, 0.5) is 0 Å². The predicted molar refractivity (Wildman–Crippen MR) is 87.5 cm³/mol. The van der Waals surface area contributed by atoms with Crippen LogP contribution in [-0.2, 0) is 9.53 Å². The second kappa shape index (κ2) is 9.42. The van der Waals surface area contributed by atoms with Gasteiger partial charge in [-0.2, -0.15) is 0 Å². The van der Waals surface area contributed by atoms with Crippen LogP contribution in [0.2, 0.25) is 0 Å². The number of esters is 1. The molecule has 1 rings (SSSR count). The van der Waals surface area contributed by atoms with Crippen molar-refractivity contribution in [3.63, 3.8) is 0 Å². The number of hydrogen-bond donors (Lipinski definition) is 1. The van der Waals surface area contributed by atoms with Gasteiger partial charge >= 0.3 is 5.97 Å². The third-order valence-corrected chi connectivity index (χ3v) is 4.21. The number of ether oxygens (including phenoxy) is 1. The SMILES string of the molecule is CCOC(=O)C(C)(CCN1CCCCCCC1)NC(C)C. The van der Waals surface area contributed by atoms with Crippen molar-refractivity contribution >= 4 is 5.97 Å². The van der Waals surface area contributed by atoms with E-state index in [4.69, 9.17) is 4.74 Å². The van der Waals surface area contributed by atoms with Crippen molar-refractivity contribution in [2.24, 2.45) is 0 Å². The van der Waals surface area contributed by atoms with E-state index in [-0.39, 0.29) is 12.0 Å². The zero-order valence-corrected chi connectivity index (χ0v) is 14.4. The molecule has 4 nitrogen and oxygen atoms in total. The van der Waals surface area contributed by atoms with Crippen molar-refractivity contribution < 1.29 is 9.53 Å². The van der Waals surface area contributed by atoms with Gasteiger partial charge in [0.25, 0.3) is 0 Å². The van der Waals surface area contributed by atoms with E-state index in [9.17, 15) is 4.79 Å². The highest BCUT2D eigenvalue weighted by Crippen LogP contribution is 2.17. The minimum atomic E-state index is -0.577. The van der Waals surface area contributed by atoms with Gasteiger partial charge in [0.15, 0.2) is 0 Å². The Balaban J connectivity index is 2.56. The molecule has 1 saturated heterocycles. The third-order valence-electron chi connectivity index (χ3n) is 4.21. The van der Waals surface area contributed by atoms with Crippen molar-refractivity contribution in [2.45, 2.75) is 77.8 Å². The lowest BCUT2D eigenvalue weighted by atomic mass is 9.96. The highest BCUT2D eigenvalue weighted by atomic mass is 16.5. The first-order chi connectivity index (χ1) is 9.98. The van der Waals surface area contributed by atoms with E-state index in [1.165, 1.54) is 45.2 Å². The van der Waals surface area contributed by atoms with Gasteiger partial charge in [0.2, 0.25) is 0 Å². The van der Waals surface area contributed by atoms with Crippen LogP contribution in [0.15, 0.2) is 0 Å². The van der Waals surface area contributed by atoms with Gasteiger partial charge in [-0.1, -0.05) is 19.3 Å². The molecule has 0 bridgehead atoms. The molecule has 0 spiro atoms. The summed E-state index contributed by atoms with van der Waals surface area (Å²) in [5.74, 6) is -0.120. The molecule has 1 heterocycles. The Morgan fingerprint density at radius 3 is 2.29 bits per heavy atom. The van der Waals surface area contributed by atoms with Crippen molar-refractivity contribution in [1.82, 2.24) is 10.2 Å². The molecule has 0 aromatic rings. The lowest BCUT2D eigenvalue weighted by Crippen LogP contribution is -2.54. The van der Waals surface area contributed by atoms with Crippen LogP contribution in [-0.4, -0.2) is 48.7 Å². The molecule has 124 valence electrons. The molecule has 1 N–H and O–H groups in total. The average molecular weight is 298 g/mol. The van der Waals surface area contributed by atoms with Crippen LogP contribution in [0.5, 0.6) is 0 Å². The first-order valence-corrected chi connectivity index (χ1v) is 8.65. The van der Waals surface area contributed by atoms with Gasteiger partial charge < -0.3 is 9.64 Å². The number of carbonyl (C=O) groups excluding carboxylic acids is 1. The fourth-order valence-electron chi connectivity index (χ4n) is 3.08. The minimum Gasteiger partial charge on any atom is -0.465 e. The molecule has 1 unspecified atom stereocenters. The van der Waals surface area contributed by atoms with Crippen LogP contribution in [0.25, 0.3) is 0 Å². The minimum absolute atomic E-state index is 0.120. The van der Waals surface area contributed by atoms with Crippen LogP contribution >= 0.6 is 0 Å². The van der Waals surface area contributed by atoms with Crippen LogP contribution in [0.1, 0.15) is 66.2 Å². The lowest BCUT2D eigenvalue weighted by Gasteiger charge is -2.33. The molecule has 0 aromatic carbocycles. The summed E-state index contributed by atoms with van der Waals surface area (Å²) in [4.78, 5) is 14.8. The first-order valence-electron chi connectivity index (χ1n) is 8.65. The number of hydrogen-bond acceptors (Lipinski definition) is 4. The maximum atomic E-state index is 12.3. The Morgan fingerprint density at radius 2 is 1.76 bits per heavy atom. The molecule has 0 saturated carbocycles. The molecule has 0 aromatic heterocycles. The Bertz CT molecular complexity index is 299. The second-order valence-electron chi connectivity index (χ2n) is 6.71. The maximum absolute atomic E-state index is 12.3. The molecule has 0 aliphatic carbocycles. The summed E-state index contributed by atoms with van der Waals surface area (Å²) in [7, 11) is 0. The molecular formula is C17H34N2O2. The van der Waals surface area contributed by atoms with Gasteiger partial charge in [-0.15, -0.1) is 0 Å². The zero-order valence-electron chi connectivity index (χ0n) is 14.4. The summed E-state index contributed by atoms with van der Waals surface area (Å²) in [5.41, 5.74) is -0.577. The van der Waals surface area contributed by atoms with E-state index < -0.39 is 5.54 Å². The summed E-state index contributed by atoms with van der Waals surface area (Å²) < 4.78 is 5.27. The van der Waals surface area contributed by atoms with E-state index in [0.717, 1.165) is 13.0 Å². The Hall–Kier alpha value is -0.610. The topological polar surface area (TPSA) is 41.6 Å². The van der Waals surface area contributed by atoms with Gasteiger partial charge in [0, 0.05) is 12.6 Å². The lowest BCUT2D eigenvalue weighted by molar-refractivity contribution is -0.151. The molecular weight excluding hydrogens is 264 g/mol. The maximum Gasteiger partial charge on any atom is 0.326 e. The fraction of sp³-hybridized carbons (Fsp3) is 0.941. The molecule has 1 aliphatic rings. The number of nitrogens with one attached hydrogen (secondary N) is 1. The Kier molecular flexibility index (Phi) is 8.27. The fourth-order valence-corrected chi connectivity index (χ4v) is 3.08. The van der Waals surface area contributed by atoms with Gasteiger partial charge in [-0.3, -0.25) is 10.1 Å². The van der Waals surface area contributed by atoms with Crippen molar-refractivity contribution in [2.75, 3.05) is 26.2 Å². The average Bonchev–Trinajstić information content (AvgIpc) is 2.36. The largest absolute Gasteiger partial charge is 0.465 e. The van der Waals surface area contributed by atoms with Crippen molar-refractivity contribution in [3.05, 3.63) is 0 Å². The third kappa shape index (κ3) is 6.79. The number of rotatable bonds is 7. The summed E-state index contributed by atoms with van der Waals surface area (Å²) in [5, 5.41) is 3.41. The van der Waals surface area contributed by atoms with Crippen LogP contribution in [0.3, 0.4) is 0 Å². The monoisotopic (exact) mass is 298 g/mol. The highest BCUT2D eigenvalue weighted by molar-refractivity contribution is 5.80. The standard InChI is InChI=1S/C17H34N2O2/c1-5-21-16(20)17(4,18-15(2)3)11-14-19-12-9-7-6-8-10-13-19/h15,18H,5-14H2,1-4H3. The molecule has 1 fully saturated rings. The number of nitrogens with zero attached hydrogens (tertiary/aromatic N) is 1. The highest BCUT2D eigenvalue weighted by Gasteiger charge is 2.35. The van der Waals surface area contributed by atoms with Gasteiger partial charge in [-0.25, -0.2) is 0 Å². The van der Waals surface area contributed by atoms with Crippen molar-refractivity contribution in [3.8, 4) is 0 Å². The molecule has 0 amide bonds. The van der Waals surface area contributed by atoms with E-state index in [1.807, 2.05) is 13.8 Å². The molecule has 4 heteroatoms. The quantitative estimate of drug-likeness (QED) is 0.734. The summed E-state index contributed by atoms with van der Waals surface area (Å²) in [6.07, 6.45) is 7.44. The summed E-state index contributed by atoms with van der Waals surface area (Å²) in [6, 6.07) is 0.270. The van der Waals surface area contributed by atoms with E-state index >= 15 is 0 Å². The Labute approximate surface area is 130 Å². The van der Waals surface area contributed by atoms with Gasteiger partial charge in [-0.05, 0) is 60.0 Å². The zero-order chi connectivity index (χ0) is 15.7. The molecule has 21 heavy (non-hydrogen) atoms. The van der Waals surface area contributed by atoms with E-state index in [2.05, 4.69) is 24.1 Å². The molecule has 1 atom stereocenters. The molecule has 1 aliphatic heterocycles. The van der Waals surface area contributed by atoms with Gasteiger partial charge in [0.05, 0.1) is 6.61 Å². The van der Waals surface area contributed by atoms with Crippen LogP contribution in [0, 0.1) is 0 Å².